The molecule has 4 rings (SSSR count). The van der Waals surface area contributed by atoms with Crippen LogP contribution in [0.15, 0.2) is 29.3 Å². The molecule has 3 heterocycles. The fourth-order valence-corrected chi connectivity index (χ4v) is 9.16. The summed E-state index contributed by atoms with van der Waals surface area (Å²) in [5, 5.41) is 27.2. The van der Waals surface area contributed by atoms with Gasteiger partial charge in [-0.2, -0.15) is 0 Å². The summed E-state index contributed by atoms with van der Waals surface area (Å²) < 4.78 is 0. The molecule has 18 N–H and O–H groups in total. The SMILES string of the molecule is NC(=O)CNC(=O)[C@H](CCCN=C(N)N)NC(=O)[C@@H]1CCCN1C(=O)[C@@H]1CSSC[C@H](N)C(=O)N[C@@H](Cc2ccc(O)cc2)C(=O)N[C@@H]2C[C@@H](NC2=O)C(=O)N[C@@H](CC(N)=O)C(=O)N1. The van der Waals surface area contributed by atoms with E-state index >= 15 is 0 Å². The molecule has 1 aromatic carbocycles. The Morgan fingerprint density at radius 2 is 1.44 bits per heavy atom. The summed E-state index contributed by atoms with van der Waals surface area (Å²) in [6.45, 7) is -0.341. The van der Waals surface area contributed by atoms with Crippen LogP contribution >= 0.6 is 21.6 Å². The van der Waals surface area contributed by atoms with E-state index in [0.29, 0.717) is 12.0 Å². The molecule has 1 aromatic rings. The molecule has 0 aromatic heterocycles. The zero-order valence-electron chi connectivity index (χ0n) is 34.5. The Balaban J connectivity index is 1.58. The highest BCUT2D eigenvalue weighted by atomic mass is 33.1. The number of guanidine groups is 1. The van der Waals surface area contributed by atoms with Crippen molar-refractivity contribution in [3.8, 4) is 5.75 Å². The van der Waals surface area contributed by atoms with Gasteiger partial charge in [-0.1, -0.05) is 33.7 Å². The normalized spacial score (nSPS) is 25.0. The number of phenols is 1. The highest BCUT2D eigenvalue weighted by molar-refractivity contribution is 8.76. The molecule has 0 radical (unpaired) electrons. The van der Waals surface area contributed by atoms with Gasteiger partial charge in [0.1, 0.15) is 48.0 Å². The van der Waals surface area contributed by atoms with E-state index in [1.165, 1.54) is 29.2 Å². The summed E-state index contributed by atoms with van der Waals surface area (Å²) >= 11 is 0. The molecule has 0 spiro atoms. The lowest BCUT2D eigenvalue weighted by atomic mass is 10.0. The predicted molar refractivity (Wildman–Crippen MR) is 232 cm³/mol. The van der Waals surface area contributed by atoms with Crippen LogP contribution in [0.4, 0.5) is 0 Å². The molecule has 64 heavy (non-hydrogen) atoms. The third-order valence-corrected chi connectivity index (χ3v) is 12.6. The van der Waals surface area contributed by atoms with Crippen molar-refractivity contribution in [2.24, 2.45) is 33.7 Å². The van der Waals surface area contributed by atoms with Gasteiger partial charge in [0.05, 0.1) is 19.0 Å². The van der Waals surface area contributed by atoms with Crippen LogP contribution in [0.5, 0.6) is 5.75 Å². The first-order valence-electron chi connectivity index (χ1n) is 20.1. The number of aromatic hydroxyl groups is 1. The summed E-state index contributed by atoms with van der Waals surface area (Å²) in [4.78, 5) is 137. The van der Waals surface area contributed by atoms with Gasteiger partial charge in [-0.25, -0.2) is 0 Å². The topological polar surface area (TPSA) is 421 Å². The van der Waals surface area contributed by atoms with E-state index in [1.807, 2.05) is 0 Å². The number of primary amides is 2. The number of hydrogen-bond donors (Lipinski definition) is 13. The van der Waals surface area contributed by atoms with E-state index in [4.69, 9.17) is 28.7 Å². The van der Waals surface area contributed by atoms with Gasteiger partial charge >= 0.3 is 0 Å². The first kappa shape index (κ1) is 50.3. The van der Waals surface area contributed by atoms with Gasteiger partial charge in [0.25, 0.3) is 0 Å². The third-order valence-electron chi connectivity index (χ3n) is 10.2. The standard InChI is InChI=1S/C37H54N14O11S2/c38-19-15-63-64-16-25(36(62)51-10-2-4-26(51)35(61)45-20(3-1-9-43-37(41)42)30(56)44-14-28(40)54)50-34(60)24(13-27(39)53)49-33(59)23-12-22(32(58)48-23)47-31(57)21(46-29(19)55)11-17-5-7-18(52)8-6-17/h5-8,19-26,52H,1-4,9-16,38H2,(H2,39,53)(H2,40,54)(H,44,56)(H,45,61)(H,46,55)(H,47,57)(H,48,58)(H,49,59)(H,50,60)(H4,41,42,43)/t19-,20-,21-,22+,23+,24-,25-,26-/m0/s1. The number of phenolic OH excluding ortho intramolecular Hbond substituents is 1. The van der Waals surface area contributed by atoms with Gasteiger partial charge in [-0.3, -0.25) is 52.9 Å². The van der Waals surface area contributed by atoms with E-state index in [-0.39, 0.29) is 68.4 Å². The van der Waals surface area contributed by atoms with Crippen molar-refractivity contribution in [1.82, 2.24) is 42.1 Å². The molecule has 27 heteroatoms. The average Bonchev–Trinajstić information content (AvgIpc) is 3.88. The van der Waals surface area contributed by atoms with Crippen LogP contribution in [0.2, 0.25) is 0 Å². The van der Waals surface area contributed by atoms with Gasteiger partial charge in [0.15, 0.2) is 5.96 Å². The third kappa shape index (κ3) is 15.2. The Hall–Kier alpha value is -6.35. The Kier molecular flexibility index (Phi) is 18.8. The number of aliphatic imine (C=N–C) groups is 1. The van der Waals surface area contributed by atoms with Crippen LogP contribution in [0.25, 0.3) is 0 Å². The second kappa shape index (κ2) is 23.9. The van der Waals surface area contributed by atoms with Crippen molar-refractivity contribution in [3.63, 3.8) is 0 Å². The number of benzene rings is 1. The monoisotopic (exact) mass is 934 g/mol. The Morgan fingerprint density at radius 1 is 0.812 bits per heavy atom. The Labute approximate surface area is 374 Å². The highest BCUT2D eigenvalue weighted by Gasteiger charge is 2.42. The van der Waals surface area contributed by atoms with Crippen LogP contribution in [-0.4, -0.2) is 155 Å². The fraction of sp³-hybridized carbons (Fsp3) is 0.541. The molecule has 0 saturated carbocycles. The molecule has 350 valence electrons. The van der Waals surface area contributed by atoms with E-state index in [1.54, 1.807) is 0 Å². The zero-order valence-corrected chi connectivity index (χ0v) is 36.2. The number of nitrogens with one attached hydrogen (secondary N) is 7. The number of fused-ring (bicyclic) bond motifs is 2. The van der Waals surface area contributed by atoms with Crippen LogP contribution in [0.3, 0.4) is 0 Å². The summed E-state index contributed by atoms with van der Waals surface area (Å²) in [5.41, 5.74) is 28.1. The number of likely N-dealkylation sites (tertiary alicyclic amines) is 1. The first-order chi connectivity index (χ1) is 30.3. The quantitative estimate of drug-likeness (QED) is 0.0357. The van der Waals surface area contributed by atoms with Crippen molar-refractivity contribution in [2.45, 2.75) is 93.3 Å². The Morgan fingerprint density at radius 3 is 2.09 bits per heavy atom. The molecule has 8 atom stereocenters. The second-order valence-corrected chi connectivity index (χ2v) is 17.7. The van der Waals surface area contributed by atoms with Gasteiger partial charge < -0.3 is 75.9 Å². The lowest BCUT2D eigenvalue weighted by Crippen LogP contribution is -2.59. The van der Waals surface area contributed by atoms with Crippen LogP contribution < -0.4 is 65.9 Å². The van der Waals surface area contributed by atoms with Crippen molar-refractivity contribution < 1.29 is 53.1 Å². The van der Waals surface area contributed by atoms with Crippen LogP contribution in [0.1, 0.15) is 44.1 Å². The number of hydrogen-bond acceptors (Lipinski definition) is 15. The molecule has 3 aliphatic heterocycles. The van der Waals surface area contributed by atoms with E-state index in [9.17, 15) is 53.1 Å². The maximum absolute atomic E-state index is 14.4. The smallest absolute Gasteiger partial charge is 0.246 e. The van der Waals surface area contributed by atoms with Gasteiger partial charge in [0, 0.05) is 37.4 Å². The number of amides is 10. The molecular formula is C37H54N14O11S2. The van der Waals surface area contributed by atoms with Gasteiger partial charge in [-0.05, 0) is 43.4 Å². The second-order valence-electron chi connectivity index (χ2n) is 15.1. The molecule has 2 bridgehead atoms. The minimum Gasteiger partial charge on any atom is -0.508 e. The zero-order chi connectivity index (χ0) is 47.1. The molecule has 10 amide bonds. The van der Waals surface area contributed by atoms with E-state index in [2.05, 4.69) is 42.2 Å². The molecule has 25 nitrogen and oxygen atoms in total. The number of carbonyl (C=O) groups excluding carboxylic acids is 10. The molecular weight excluding hydrogens is 881 g/mol. The molecule has 3 aliphatic rings. The van der Waals surface area contributed by atoms with Crippen molar-refractivity contribution in [2.75, 3.05) is 31.1 Å². The summed E-state index contributed by atoms with van der Waals surface area (Å²) in [6, 6.07) is -4.57. The van der Waals surface area contributed by atoms with Gasteiger partial charge in [0.2, 0.25) is 59.1 Å². The summed E-state index contributed by atoms with van der Waals surface area (Å²) in [7, 11) is 2.07. The minimum atomic E-state index is -1.65. The predicted octanol–water partition coefficient (Wildman–Crippen LogP) is -6.51. The fourth-order valence-electron chi connectivity index (χ4n) is 6.88. The maximum atomic E-state index is 14.4. The lowest BCUT2D eigenvalue weighted by molar-refractivity contribution is -0.142. The van der Waals surface area contributed by atoms with E-state index in [0.717, 1.165) is 21.6 Å². The minimum absolute atomic E-state index is 0.0323. The number of nitrogens with two attached hydrogens (primary N) is 5. The van der Waals surface area contributed by atoms with Crippen LogP contribution in [0, 0.1) is 0 Å². The number of rotatable bonds is 14. The molecule has 3 saturated heterocycles. The van der Waals surface area contributed by atoms with Crippen LogP contribution in [-0.2, 0) is 54.4 Å². The van der Waals surface area contributed by atoms with Crippen molar-refractivity contribution in [3.05, 3.63) is 29.8 Å². The molecule has 0 unspecified atom stereocenters. The highest BCUT2D eigenvalue weighted by Crippen LogP contribution is 2.26. The van der Waals surface area contributed by atoms with Gasteiger partial charge in [-0.15, -0.1) is 0 Å². The number of nitrogens with zero attached hydrogens (tertiary/aromatic N) is 2. The Bertz CT molecular complexity index is 1970. The number of carbonyl (C=O) groups is 10. The first-order valence-corrected chi connectivity index (χ1v) is 22.6. The molecule has 0 aliphatic carbocycles. The summed E-state index contributed by atoms with van der Waals surface area (Å²) in [5.74, 6) is -8.69. The average molecular weight is 935 g/mol. The maximum Gasteiger partial charge on any atom is 0.246 e. The largest absolute Gasteiger partial charge is 0.508 e. The van der Waals surface area contributed by atoms with Crippen molar-refractivity contribution >= 4 is 86.6 Å². The summed E-state index contributed by atoms with van der Waals surface area (Å²) in [6.07, 6.45) is -0.316. The van der Waals surface area contributed by atoms with E-state index < -0.39 is 120 Å². The van der Waals surface area contributed by atoms with Crippen molar-refractivity contribution in [1.29, 1.82) is 0 Å². The lowest BCUT2D eigenvalue weighted by Gasteiger charge is -2.30. The molecule has 3 fully saturated rings.